The monoisotopic (exact) mass is 428 g/mol. The van der Waals surface area contributed by atoms with Crippen LogP contribution in [0.5, 0.6) is 0 Å². The maximum atomic E-state index is 13.1. The summed E-state index contributed by atoms with van der Waals surface area (Å²) >= 11 is 0. The molecule has 8 heteroatoms. The van der Waals surface area contributed by atoms with Crippen LogP contribution in [-0.4, -0.2) is 45.4 Å². The zero-order valence-corrected chi connectivity index (χ0v) is 17.0. The number of rotatable bonds is 5. The minimum absolute atomic E-state index is 0.128. The highest BCUT2D eigenvalue weighted by atomic mass is 32.2. The van der Waals surface area contributed by atoms with Crippen molar-refractivity contribution in [2.75, 3.05) is 31.1 Å². The Labute approximate surface area is 174 Å². The molecule has 1 fully saturated rings. The van der Waals surface area contributed by atoms with Crippen molar-refractivity contribution >= 4 is 21.4 Å². The van der Waals surface area contributed by atoms with Crippen LogP contribution >= 0.6 is 0 Å². The maximum absolute atomic E-state index is 13.1. The molecule has 0 atom stereocenters. The fourth-order valence-corrected chi connectivity index (χ4v) is 4.71. The lowest BCUT2D eigenvalue weighted by atomic mass is 10.2. The molecule has 1 aliphatic heterocycles. The van der Waals surface area contributed by atoms with Gasteiger partial charge in [0.15, 0.2) is 15.6 Å². The molecular weight excluding hydrogens is 407 g/mol. The molecule has 1 amide bonds. The molecule has 1 aliphatic rings. The van der Waals surface area contributed by atoms with Crippen LogP contribution in [0.3, 0.4) is 0 Å². The molecule has 1 saturated heterocycles. The van der Waals surface area contributed by atoms with E-state index in [-0.39, 0.29) is 33.9 Å². The highest BCUT2D eigenvalue weighted by Gasteiger charge is 2.25. The SMILES string of the molecule is O=C(c1ccc(CS(=O)(=O)c2ccccc2)o1)N1CCN(c2ccc(F)cc2)CC1. The average Bonchev–Trinajstić information content (AvgIpc) is 3.22. The van der Waals surface area contributed by atoms with Gasteiger partial charge in [-0.15, -0.1) is 0 Å². The zero-order valence-electron chi connectivity index (χ0n) is 16.2. The van der Waals surface area contributed by atoms with Gasteiger partial charge in [0.25, 0.3) is 5.91 Å². The highest BCUT2D eigenvalue weighted by Crippen LogP contribution is 2.21. The number of carbonyl (C=O) groups excluding carboxylic acids is 1. The van der Waals surface area contributed by atoms with Crippen LogP contribution in [0.25, 0.3) is 0 Å². The van der Waals surface area contributed by atoms with Crippen molar-refractivity contribution in [3.05, 3.63) is 84.1 Å². The Morgan fingerprint density at radius 1 is 0.900 bits per heavy atom. The van der Waals surface area contributed by atoms with Crippen molar-refractivity contribution in [2.45, 2.75) is 10.6 Å². The minimum Gasteiger partial charge on any atom is -0.455 e. The standard InChI is InChI=1S/C22H21FN2O4S/c23-17-6-8-18(9-7-17)24-12-14-25(15-13-24)22(26)21-11-10-19(29-21)16-30(27,28)20-4-2-1-3-5-20/h1-11H,12-16H2. The van der Waals surface area contributed by atoms with Crippen molar-refractivity contribution in [2.24, 2.45) is 0 Å². The largest absolute Gasteiger partial charge is 0.455 e. The summed E-state index contributed by atoms with van der Waals surface area (Å²) in [4.78, 5) is 16.7. The molecule has 2 aromatic carbocycles. The van der Waals surface area contributed by atoms with Gasteiger partial charge in [-0.1, -0.05) is 18.2 Å². The summed E-state index contributed by atoms with van der Waals surface area (Å²) < 4.78 is 43.6. The normalized spacial score (nSPS) is 14.7. The molecule has 0 bridgehead atoms. The predicted octanol–water partition coefficient (Wildman–Crippen LogP) is 3.36. The number of piperazine rings is 1. The average molecular weight is 428 g/mol. The van der Waals surface area contributed by atoms with Gasteiger partial charge in [-0.25, -0.2) is 12.8 Å². The summed E-state index contributed by atoms with van der Waals surface area (Å²) in [7, 11) is -3.54. The van der Waals surface area contributed by atoms with Gasteiger partial charge >= 0.3 is 0 Å². The topological polar surface area (TPSA) is 70.8 Å². The van der Waals surface area contributed by atoms with Gasteiger partial charge in [0, 0.05) is 31.9 Å². The first kappa shape index (κ1) is 20.2. The summed E-state index contributed by atoms with van der Waals surface area (Å²) in [5.41, 5.74) is 0.912. The molecule has 0 N–H and O–H groups in total. The second kappa shape index (κ2) is 8.31. The quantitative estimate of drug-likeness (QED) is 0.623. The first-order chi connectivity index (χ1) is 14.4. The molecule has 2 heterocycles. The second-order valence-electron chi connectivity index (χ2n) is 7.09. The number of nitrogens with zero attached hydrogens (tertiary/aromatic N) is 2. The van der Waals surface area contributed by atoms with E-state index in [2.05, 4.69) is 4.90 Å². The number of hydrogen-bond donors (Lipinski definition) is 0. The van der Waals surface area contributed by atoms with E-state index in [1.165, 1.54) is 36.4 Å². The van der Waals surface area contributed by atoms with Crippen molar-refractivity contribution < 1.29 is 22.0 Å². The number of carbonyl (C=O) groups is 1. The van der Waals surface area contributed by atoms with E-state index >= 15 is 0 Å². The number of amides is 1. The van der Waals surface area contributed by atoms with Crippen LogP contribution in [0.1, 0.15) is 16.3 Å². The van der Waals surface area contributed by atoms with Crippen LogP contribution in [0.2, 0.25) is 0 Å². The molecule has 1 aromatic heterocycles. The number of sulfone groups is 1. The first-order valence-electron chi connectivity index (χ1n) is 9.59. The second-order valence-corrected chi connectivity index (χ2v) is 9.08. The fourth-order valence-electron chi connectivity index (χ4n) is 3.44. The van der Waals surface area contributed by atoms with Crippen LogP contribution in [-0.2, 0) is 15.6 Å². The Balaban J connectivity index is 1.38. The predicted molar refractivity (Wildman–Crippen MR) is 111 cm³/mol. The Bertz CT molecular complexity index is 1120. The summed E-state index contributed by atoms with van der Waals surface area (Å²) in [5.74, 6) is -0.494. The lowest BCUT2D eigenvalue weighted by molar-refractivity contribution is 0.0713. The number of furan rings is 1. The van der Waals surface area contributed by atoms with Crippen LogP contribution < -0.4 is 4.90 Å². The lowest BCUT2D eigenvalue weighted by Gasteiger charge is -2.35. The number of anilines is 1. The lowest BCUT2D eigenvalue weighted by Crippen LogP contribution is -2.48. The van der Waals surface area contributed by atoms with E-state index in [4.69, 9.17) is 4.42 Å². The van der Waals surface area contributed by atoms with Gasteiger partial charge in [-0.3, -0.25) is 4.79 Å². The Morgan fingerprint density at radius 2 is 1.57 bits per heavy atom. The van der Waals surface area contributed by atoms with E-state index in [0.717, 1.165) is 5.69 Å². The van der Waals surface area contributed by atoms with E-state index < -0.39 is 9.84 Å². The first-order valence-corrected chi connectivity index (χ1v) is 11.2. The van der Waals surface area contributed by atoms with E-state index in [0.29, 0.717) is 26.2 Å². The van der Waals surface area contributed by atoms with Gasteiger partial charge in [-0.2, -0.15) is 0 Å². The molecule has 3 aromatic rings. The van der Waals surface area contributed by atoms with Gasteiger partial charge in [-0.05, 0) is 48.5 Å². The molecule has 156 valence electrons. The smallest absolute Gasteiger partial charge is 0.289 e. The molecular formula is C22H21FN2O4S. The number of benzene rings is 2. The van der Waals surface area contributed by atoms with Gasteiger partial charge < -0.3 is 14.2 Å². The van der Waals surface area contributed by atoms with E-state index in [1.54, 1.807) is 35.2 Å². The van der Waals surface area contributed by atoms with Gasteiger partial charge in [0.1, 0.15) is 17.3 Å². The Morgan fingerprint density at radius 3 is 2.23 bits per heavy atom. The molecule has 4 rings (SSSR count). The summed E-state index contributed by atoms with van der Waals surface area (Å²) in [5, 5.41) is 0. The molecule has 0 radical (unpaired) electrons. The van der Waals surface area contributed by atoms with Gasteiger partial charge in [0.2, 0.25) is 0 Å². The third-order valence-electron chi connectivity index (χ3n) is 5.07. The number of hydrogen-bond acceptors (Lipinski definition) is 5. The number of halogens is 1. The van der Waals surface area contributed by atoms with Crippen molar-refractivity contribution in [1.82, 2.24) is 4.90 Å². The molecule has 0 aliphatic carbocycles. The van der Waals surface area contributed by atoms with E-state index in [9.17, 15) is 17.6 Å². The van der Waals surface area contributed by atoms with Crippen molar-refractivity contribution in [3.63, 3.8) is 0 Å². The maximum Gasteiger partial charge on any atom is 0.289 e. The van der Waals surface area contributed by atoms with Crippen LogP contribution in [0, 0.1) is 5.82 Å². The molecule has 6 nitrogen and oxygen atoms in total. The third-order valence-corrected chi connectivity index (χ3v) is 6.72. The zero-order chi connectivity index (χ0) is 21.1. The molecule has 0 unspecified atom stereocenters. The van der Waals surface area contributed by atoms with E-state index in [1.807, 2.05) is 0 Å². The minimum atomic E-state index is -3.54. The Hall–Kier alpha value is -3.13. The van der Waals surface area contributed by atoms with Crippen LogP contribution in [0.4, 0.5) is 10.1 Å². The molecule has 0 saturated carbocycles. The third kappa shape index (κ3) is 4.38. The van der Waals surface area contributed by atoms with Crippen LogP contribution in [0.15, 0.2) is 76.0 Å². The molecule has 0 spiro atoms. The fraction of sp³-hybridized carbons (Fsp3) is 0.227. The van der Waals surface area contributed by atoms with Crippen molar-refractivity contribution in [1.29, 1.82) is 0 Å². The van der Waals surface area contributed by atoms with Gasteiger partial charge in [0.05, 0.1) is 4.90 Å². The summed E-state index contributed by atoms with van der Waals surface area (Å²) in [6.07, 6.45) is 0. The summed E-state index contributed by atoms with van der Waals surface area (Å²) in [6, 6.07) is 17.5. The Kier molecular flexibility index (Phi) is 5.59. The highest BCUT2D eigenvalue weighted by molar-refractivity contribution is 7.90. The van der Waals surface area contributed by atoms with Crippen molar-refractivity contribution in [3.8, 4) is 0 Å². The summed E-state index contributed by atoms with van der Waals surface area (Å²) in [6.45, 7) is 2.23. The molecule has 30 heavy (non-hydrogen) atoms.